The molecule has 7 nitrogen and oxygen atoms in total. The van der Waals surface area contributed by atoms with E-state index in [9.17, 15) is 14.9 Å². The number of anilines is 1. The third-order valence-corrected chi connectivity index (χ3v) is 2.46. The lowest BCUT2D eigenvalue weighted by Crippen LogP contribution is -2.22. The van der Waals surface area contributed by atoms with Crippen LogP contribution in [0.2, 0.25) is 0 Å². The lowest BCUT2D eigenvalue weighted by molar-refractivity contribution is -0.384. The molecule has 0 saturated carbocycles. The van der Waals surface area contributed by atoms with Crippen LogP contribution in [0.15, 0.2) is 35.1 Å². The molecule has 7 heteroatoms. The number of nitro benzene ring substituents is 1. The van der Waals surface area contributed by atoms with Gasteiger partial charge >= 0.3 is 0 Å². The molecule has 0 atom stereocenters. The van der Waals surface area contributed by atoms with Crippen LogP contribution in [0.25, 0.3) is 11.3 Å². The van der Waals surface area contributed by atoms with Gasteiger partial charge in [-0.25, -0.2) is 4.68 Å². The molecule has 2 N–H and O–H groups in total. The average molecular weight is 246 g/mol. The Hall–Kier alpha value is -2.70. The van der Waals surface area contributed by atoms with Crippen LogP contribution in [0, 0.1) is 10.1 Å². The van der Waals surface area contributed by atoms with Gasteiger partial charge in [-0.2, -0.15) is 5.10 Å². The van der Waals surface area contributed by atoms with E-state index in [0.29, 0.717) is 11.3 Å². The zero-order chi connectivity index (χ0) is 13.3. The fourth-order valence-electron chi connectivity index (χ4n) is 1.53. The number of nitrogen functional groups attached to an aromatic ring is 1. The van der Waals surface area contributed by atoms with Crippen molar-refractivity contribution in [2.45, 2.75) is 0 Å². The molecule has 0 unspecified atom stereocenters. The molecular weight excluding hydrogens is 236 g/mol. The lowest BCUT2D eigenvalue weighted by atomic mass is 10.1. The molecule has 1 aromatic carbocycles. The molecule has 1 aromatic heterocycles. The highest BCUT2D eigenvalue weighted by atomic mass is 16.6. The van der Waals surface area contributed by atoms with Gasteiger partial charge in [0.1, 0.15) is 5.69 Å². The standard InChI is InChI=1S/C11H10N4O3/c1-14-11(16)9(12)6-10(13-14)7-2-4-8(5-3-7)15(17)18/h2-6H,12H2,1H3. The van der Waals surface area contributed by atoms with Crippen molar-refractivity contribution in [1.82, 2.24) is 9.78 Å². The first kappa shape index (κ1) is 11.8. The van der Waals surface area contributed by atoms with Crippen LogP contribution in [0.4, 0.5) is 11.4 Å². The summed E-state index contributed by atoms with van der Waals surface area (Å²) in [7, 11) is 1.49. The molecule has 0 bridgehead atoms. The molecule has 0 aliphatic heterocycles. The average Bonchev–Trinajstić information content (AvgIpc) is 2.35. The number of aryl methyl sites for hydroxylation is 1. The van der Waals surface area contributed by atoms with Gasteiger partial charge in [-0.05, 0) is 18.2 Å². The molecule has 0 aliphatic carbocycles. The minimum Gasteiger partial charge on any atom is -0.394 e. The number of benzene rings is 1. The van der Waals surface area contributed by atoms with Crippen LogP contribution in [0.5, 0.6) is 0 Å². The quantitative estimate of drug-likeness (QED) is 0.627. The van der Waals surface area contributed by atoms with E-state index in [-0.39, 0.29) is 16.9 Å². The SMILES string of the molecule is Cn1nc(-c2ccc([N+](=O)[O-])cc2)cc(N)c1=O. The number of hydrogen-bond acceptors (Lipinski definition) is 5. The molecule has 18 heavy (non-hydrogen) atoms. The molecule has 92 valence electrons. The summed E-state index contributed by atoms with van der Waals surface area (Å²) >= 11 is 0. The van der Waals surface area contributed by atoms with E-state index in [1.54, 1.807) is 12.1 Å². The summed E-state index contributed by atoms with van der Waals surface area (Å²) in [6.45, 7) is 0. The van der Waals surface area contributed by atoms with E-state index in [1.165, 1.54) is 25.2 Å². The fourth-order valence-corrected chi connectivity index (χ4v) is 1.53. The van der Waals surface area contributed by atoms with Crippen molar-refractivity contribution in [3.05, 3.63) is 50.8 Å². The molecular formula is C11H10N4O3. The maximum Gasteiger partial charge on any atom is 0.289 e. The Labute approximate surface area is 102 Å². The highest BCUT2D eigenvalue weighted by Gasteiger charge is 2.08. The summed E-state index contributed by atoms with van der Waals surface area (Å²) in [4.78, 5) is 21.4. The Bertz CT molecular complexity index is 635. The monoisotopic (exact) mass is 246 g/mol. The van der Waals surface area contributed by atoms with E-state index >= 15 is 0 Å². The van der Waals surface area contributed by atoms with Crippen LogP contribution in [0.3, 0.4) is 0 Å². The molecule has 0 amide bonds. The minimum atomic E-state index is -0.480. The van der Waals surface area contributed by atoms with E-state index in [0.717, 1.165) is 4.68 Å². The molecule has 2 rings (SSSR count). The van der Waals surface area contributed by atoms with Crippen molar-refractivity contribution < 1.29 is 4.92 Å². The van der Waals surface area contributed by atoms with E-state index in [4.69, 9.17) is 5.73 Å². The second-order valence-electron chi connectivity index (χ2n) is 3.72. The predicted molar refractivity (Wildman–Crippen MR) is 66.0 cm³/mol. The number of hydrogen-bond donors (Lipinski definition) is 1. The number of nitro groups is 1. The molecule has 0 aliphatic rings. The normalized spacial score (nSPS) is 10.3. The number of nitrogens with zero attached hydrogens (tertiary/aromatic N) is 3. The van der Waals surface area contributed by atoms with Gasteiger partial charge in [0.25, 0.3) is 11.2 Å². The number of nitrogens with two attached hydrogens (primary N) is 1. The zero-order valence-corrected chi connectivity index (χ0v) is 9.53. The van der Waals surface area contributed by atoms with E-state index < -0.39 is 4.92 Å². The Morgan fingerprint density at radius 3 is 2.44 bits per heavy atom. The number of non-ortho nitro benzene ring substituents is 1. The van der Waals surface area contributed by atoms with Crippen LogP contribution in [0.1, 0.15) is 0 Å². The highest BCUT2D eigenvalue weighted by molar-refractivity contribution is 5.63. The number of rotatable bonds is 2. The largest absolute Gasteiger partial charge is 0.394 e. The van der Waals surface area contributed by atoms with Gasteiger partial charge in [0.05, 0.1) is 10.6 Å². The Morgan fingerprint density at radius 2 is 1.94 bits per heavy atom. The van der Waals surface area contributed by atoms with Crippen molar-refractivity contribution in [1.29, 1.82) is 0 Å². The molecule has 1 heterocycles. The number of aromatic nitrogens is 2. The molecule has 0 spiro atoms. The van der Waals surface area contributed by atoms with Gasteiger partial charge in [0.2, 0.25) is 0 Å². The third-order valence-electron chi connectivity index (χ3n) is 2.46. The Kier molecular flexibility index (Phi) is 2.80. The van der Waals surface area contributed by atoms with Crippen molar-refractivity contribution in [2.75, 3.05) is 5.73 Å². The topological polar surface area (TPSA) is 104 Å². The van der Waals surface area contributed by atoms with Gasteiger partial charge in [0, 0.05) is 24.7 Å². The van der Waals surface area contributed by atoms with Gasteiger partial charge in [-0.1, -0.05) is 0 Å². The van der Waals surface area contributed by atoms with Crippen LogP contribution in [-0.2, 0) is 7.05 Å². The van der Waals surface area contributed by atoms with Crippen molar-refractivity contribution >= 4 is 11.4 Å². The zero-order valence-electron chi connectivity index (χ0n) is 9.53. The summed E-state index contributed by atoms with van der Waals surface area (Å²) in [6, 6.07) is 7.31. The molecule has 0 fully saturated rings. The first-order chi connectivity index (χ1) is 8.49. The second kappa shape index (κ2) is 4.28. The first-order valence-corrected chi connectivity index (χ1v) is 5.07. The summed E-state index contributed by atoms with van der Waals surface area (Å²) in [5, 5.41) is 14.6. The maximum atomic E-state index is 11.4. The Balaban J connectivity index is 2.49. The summed E-state index contributed by atoms with van der Waals surface area (Å²) in [5.41, 5.74) is 6.41. The fraction of sp³-hybridized carbons (Fsp3) is 0.0909. The highest BCUT2D eigenvalue weighted by Crippen LogP contribution is 2.20. The van der Waals surface area contributed by atoms with Crippen molar-refractivity contribution in [3.63, 3.8) is 0 Å². The van der Waals surface area contributed by atoms with Crippen molar-refractivity contribution in [2.24, 2.45) is 7.05 Å². The summed E-state index contributed by atoms with van der Waals surface area (Å²) in [5.74, 6) is 0. The van der Waals surface area contributed by atoms with Gasteiger partial charge in [-0.15, -0.1) is 0 Å². The van der Waals surface area contributed by atoms with Gasteiger partial charge < -0.3 is 5.73 Å². The lowest BCUT2D eigenvalue weighted by Gasteiger charge is -2.04. The first-order valence-electron chi connectivity index (χ1n) is 5.07. The van der Waals surface area contributed by atoms with Crippen LogP contribution in [-0.4, -0.2) is 14.7 Å². The van der Waals surface area contributed by atoms with Crippen molar-refractivity contribution in [3.8, 4) is 11.3 Å². The van der Waals surface area contributed by atoms with E-state index in [1.807, 2.05) is 0 Å². The Morgan fingerprint density at radius 1 is 1.33 bits per heavy atom. The van der Waals surface area contributed by atoms with Crippen LogP contribution >= 0.6 is 0 Å². The third kappa shape index (κ3) is 2.05. The van der Waals surface area contributed by atoms with E-state index in [2.05, 4.69) is 5.10 Å². The molecule has 0 saturated heterocycles. The summed E-state index contributed by atoms with van der Waals surface area (Å²) in [6.07, 6.45) is 0. The van der Waals surface area contributed by atoms with Crippen LogP contribution < -0.4 is 11.3 Å². The van der Waals surface area contributed by atoms with Gasteiger partial charge in [-0.3, -0.25) is 14.9 Å². The molecule has 0 radical (unpaired) electrons. The van der Waals surface area contributed by atoms with Gasteiger partial charge in [0.15, 0.2) is 0 Å². The second-order valence-corrected chi connectivity index (χ2v) is 3.72. The maximum absolute atomic E-state index is 11.4. The smallest absolute Gasteiger partial charge is 0.289 e. The molecule has 2 aromatic rings. The predicted octanol–water partition coefficient (Wildman–Crippen LogP) is 0.938. The summed E-state index contributed by atoms with van der Waals surface area (Å²) < 4.78 is 1.13. The minimum absolute atomic E-state index is 0.00320.